The Bertz CT molecular complexity index is 1230. The van der Waals surface area contributed by atoms with Gasteiger partial charge in [0.05, 0.1) is 24.1 Å². The van der Waals surface area contributed by atoms with Crippen molar-refractivity contribution in [1.29, 1.82) is 0 Å². The van der Waals surface area contributed by atoms with E-state index in [4.69, 9.17) is 9.84 Å². The van der Waals surface area contributed by atoms with Crippen LogP contribution >= 0.6 is 23.1 Å². The molecule has 2 aromatic carbocycles. The highest BCUT2D eigenvalue weighted by Crippen LogP contribution is 2.45. The fraction of sp³-hybridized carbons (Fsp3) is 0.167. The number of fused-ring (bicyclic) bond motifs is 3. The summed E-state index contributed by atoms with van der Waals surface area (Å²) in [6.07, 6.45) is 5.75. The lowest BCUT2D eigenvalue weighted by Gasteiger charge is -2.23. The van der Waals surface area contributed by atoms with Crippen LogP contribution in [0.4, 0.5) is 0 Å². The molecule has 0 saturated heterocycles. The first-order valence-electron chi connectivity index (χ1n) is 9.71. The lowest BCUT2D eigenvalue weighted by molar-refractivity contribution is 0.0597. The summed E-state index contributed by atoms with van der Waals surface area (Å²) >= 11 is 3.30. The van der Waals surface area contributed by atoms with Crippen LogP contribution in [0, 0.1) is 0 Å². The molecule has 1 aliphatic carbocycles. The van der Waals surface area contributed by atoms with Crippen LogP contribution < -0.4 is 0 Å². The molecule has 5 rings (SSSR count). The molecule has 2 heterocycles. The zero-order valence-corrected chi connectivity index (χ0v) is 18.3. The Balaban J connectivity index is 1.80. The van der Waals surface area contributed by atoms with Gasteiger partial charge in [-0.2, -0.15) is 5.10 Å². The maximum Gasteiger partial charge on any atom is 0.339 e. The number of esters is 1. The van der Waals surface area contributed by atoms with Gasteiger partial charge in [-0.05, 0) is 59.9 Å². The number of methoxy groups -OCH3 is 1. The molecule has 0 fully saturated rings. The molecule has 0 saturated carbocycles. The van der Waals surface area contributed by atoms with E-state index in [-0.39, 0.29) is 5.97 Å². The fourth-order valence-corrected chi connectivity index (χ4v) is 5.53. The summed E-state index contributed by atoms with van der Waals surface area (Å²) < 4.78 is 7.12. The summed E-state index contributed by atoms with van der Waals surface area (Å²) in [5, 5.41) is 6.95. The predicted octanol–water partition coefficient (Wildman–Crippen LogP) is 5.87. The third kappa shape index (κ3) is 3.07. The molecule has 0 atom stereocenters. The van der Waals surface area contributed by atoms with Crippen LogP contribution in [-0.4, -0.2) is 29.1 Å². The van der Waals surface area contributed by atoms with Gasteiger partial charge in [-0.1, -0.05) is 24.3 Å². The van der Waals surface area contributed by atoms with Crippen LogP contribution in [0.5, 0.6) is 0 Å². The van der Waals surface area contributed by atoms with Crippen molar-refractivity contribution in [3.8, 4) is 27.3 Å². The van der Waals surface area contributed by atoms with Crippen LogP contribution in [0.1, 0.15) is 21.6 Å². The Morgan fingerprint density at radius 1 is 1.13 bits per heavy atom. The van der Waals surface area contributed by atoms with E-state index in [0.717, 1.165) is 40.2 Å². The number of hydrogen-bond acceptors (Lipinski definition) is 5. The van der Waals surface area contributed by atoms with E-state index in [2.05, 4.69) is 29.8 Å². The Morgan fingerprint density at radius 2 is 1.97 bits per heavy atom. The molecule has 4 nitrogen and oxygen atoms in total. The highest BCUT2D eigenvalue weighted by atomic mass is 32.2. The largest absolute Gasteiger partial charge is 0.465 e. The van der Waals surface area contributed by atoms with Crippen molar-refractivity contribution in [3.05, 3.63) is 76.9 Å². The summed E-state index contributed by atoms with van der Waals surface area (Å²) in [4.78, 5) is 15.0. The number of para-hydroxylation sites is 1. The van der Waals surface area contributed by atoms with Gasteiger partial charge in [0.1, 0.15) is 0 Å². The highest BCUT2D eigenvalue weighted by Gasteiger charge is 2.30. The first-order chi connectivity index (χ1) is 14.7. The summed E-state index contributed by atoms with van der Waals surface area (Å²) in [5.74, 6) is -0.298. The van der Waals surface area contributed by atoms with Gasteiger partial charge in [-0.3, -0.25) is 0 Å². The van der Waals surface area contributed by atoms with E-state index in [1.807, 2.05) is 41.3 Å². The van der Waals surface area contributed by atoms with Gasteiger partial charge in [0.2, 0.25) is 0 Å². The molecule has 150 valence electrons. The topological polar surface area (TPSA) is 44.1 Å². The quantitative estimate of drug-likeness (QED) is 0.299. The van der Waals surface area contributed by atoms with E-state index in [1.54, 1.807) is 23.1 Å². The number of rotatable bonds is 4. The summed E-state index contributed by atoms with van der Waals surface area (Å²) in [6.45, 7) is 0. The molecule has 0 bridgehead atoms. The Kier molecular flexibility index (Phi) is 4.97. The molecule has 6 heteroatoms. The maximum atomic E-state index is 12.9. The number of ether oxygens (including phenoxy) is 1. The summed E-state index contributed by atoms with van der Waals surface area (Å²) in [7, 11) is 1.45. The second-order valence-corrected chi connectivity index (χ2v) is 8.89. The first-order valence-corrected chi connectivity index (χ1v) is 11.8. The number of thiophene rings is 1. The summed E-state index contributed by atoms with van der Waals surface area (Å²) in [6, 6.07) is 16.4. The molecule has 0 amide bonds. The van der Waals surface area contributed by atoms with E-state index in [0.29, 0.717) is 5.56 Å². The summed E-state index contributed by atoms with van der Waals surface area (Å²) in [5.41, 5.74) is 7.08. The van der Waals surface area contributed by atoms with Crippen molar-refractivity contribution in [3.63, 3.8) is 0 Å². The van der Waals surface area contributed by atoms with E-state index in [9.17, 15) is 4.79 Å². The Morgan fingerprint density at radius 3 is 2.67 bits per heavy atom. The molecule has 0 radical (unpaired) electrons. The monoisotopic (exact) mass is 432 g/mol. The highest BCUT2D eigenvalue weighted by molar-refractivity contribution is 7.98. The molecule has 0 aliphatic heterocycles. The molecule has 1 aliphatic rings. The lowest BCUT2D eigenvalue weighted by Crippen LogP contribution is -2.13. The normalized spacial score (nSPS) is 12.3. The van der Waals surface area contributed by atoms with Crippen LogP contribution in [0.2, 0.25) is 0 Å². The second-order valence-electron chi connectivity index (χ2n) is 7.09. The first kappa shape index (κ1) is 19.2. The third-order valence-corrected chi connectivity index (χ3v) is 7.15. The number of aryl methyl sites for hydroxylation is 1. The smallest absolute Gasteiger partial charge is 0.339 e. The zero-order chi connectivity index (χ0) is 20.7. The minimum atomic E-state index is -0.298. The van der Waals surface area contributed by atoms with E-state index >= 15 is 0 Å². The van der Waals surface area contributed by atoms with Crippen LogP contribution in [0.15, 0.2) is 65.0 Å². The van der Waals surface area contributed by atoms with Crippen molar-refractivity contribution in [2.45, 2.75) is 17.7 Å². The minimum absolute atomic E-state index is 0.298. The van der Waals surface area contributed by atoms with Crippen molar-refractivity contribution >= 4 is 29.1 Å². The van der Waals surface area contributed by atoms with Gasteiger partial charge in [-0.25, -0.2) is 9.48 Å². The molecule has 30 heavy (non-hydrogen) atoms. The number of carbonyl (C=O) groups excluding carboxylic acids is 1. The molecule has 0 spiro atoms. The lowest BCUT2D eigenvalue weighted by atomic mass is 9.83. The van der Waals surface area contributed by atoms with Crippen molar-refractivity contribution in [2.75, 3.05) is 13.4 Å². The molecule has 4 aromatic rings. The molecule has 0 N–H and O–H groups in total. The van der Waals surface area contributed by atoms with Crippen molar-refractivity contribution < 1.29 is 9.53 Å². The van der Waals surface area contributed by atoms with Gasteiger partial charge >= 0.3 is 5.97 Å². The van der Waals surface area contributed by atoms with E-state index in [1.165, 1.54) is 23.1 Å². The van der Waals surface area contributed by atoms with Crippen LogP contribution in [-0.2, 0) is 17.6 Å². The van der Waals surface area contributed by atoms with Gasteiger partial charge in [0.25, 0.3) is 0 Å². The van der Waals surface area contributed by atoms with Crippen LogP contribution in [0.3, 0.4) is 0 Å². The van der Waals surface area contributed by atoms with Crippen LogP contribution in [0.25, 0.3) is 27.3 Å². The van der Waals surface area contributed by atoms with E-state index < -0.39 is 0 Å². The molecular formula is C24H20N2O2S2. The number of thioether (sulfide) groups is 1. The third-order valence-electron chi connectivity index (χ3n) is 5.49. The second kappa shape index (κ2) is 7.78. The van der Waals surface area contributed by atoms with Gasteiger partial charge in [0.15, 0.2) is 0 Å². The SMILES string of the molecule is COC(=O)c1c(SC)cc(-c2cccs2)c2c1-c1cn(-c3ccccc3)nc1CC2. The Labute approximate surface area is 183 Å². The van der Waals surface area contributed by atoms with Crippen molar-refractivity contribution in [1.82, 2.24) is 9.78 Å². The van der Waals surface area contributed by atoms with Gasteiger partial charge < -0.3 is 4.74 Å². The predicted molar refractivity (Wildman–Crippen MR) is 123 cm³/mol. The number of aromatic nitrogens is 2. The zero-order valence-electron chi connectivity index (χ0n) is 16.7. The fourth-order valence-electron chi connectivity index (χ4n) is 4.13. The maximum absolute atomic E-state index is 12.9. The molecule has 2 aromatic heterocycles. The standard InChI is InChI=1S/C24H20N2O2S2/c1-28-24(27)23-21(29-2)13-17(20-9-6-12-30-20)16-10-11-19-18(22(16)23)14-26(25-19)15-7-4-3-5-8-15/h3-9,12-14H,10-11H2,1-2H3. The molecule has 0 unspecified atom stereocenters. The number of carbonyl (C=O) groups is 1. The average Bonchev–Trinajstić information content (AvgIpc) is 3.48. The number of hydrogen-bond donors (Lipinski definition) is 0. The average molecular weight is 433 g/mol. The Hall–Kier alpha value is -2.83. The minimum Gasteiger partial charge on any atom is -0.465 e. The van der Waals surface area contributed by atoms with Gasteiger partial charge in [0, 0.05) is 27.1 Å². The number of nitrogens with zero attached hydrogens (tertiary/aromatic N) is 2. The van der Waals surface area contributed by atoms with Gasteiger partial charge in [-0.15, -0.1) is 23.1 Å². The molecular weight excluding hydrogens is 412 g/mol. The number of benzene rings is 2. The van der Waals surface area contributed by atoms with Crippen molar-refractivity contribution in [2.24, 2.45) is 0 Å².